The van der Waals surface area contributed by atoms with Crippen molar-refractivity contribution in [3.63, 3.8) is 0 Å². The molecule has 0 spiro atoms. The SMILES string of the molecule is COc1ccc(C(=O)/C(Cc2cc(OC)c(OCC3CC3)c(OC)c2)=C(/C(=O)[O-])c2ccc3nsnc3c2)cc1F.[Na+]. The van der Waals surface area contributed by atoms with E-state index >= 15 is 0 Å². The first kappa shape index (κ1) is 31.4. The van der Waals surface area contributed by atoms with E-state index in [1.165, 1.54) is 45.6 Å². The van der Waals surface area contributed by atoms with Gasteiger partial charge in [0.1, 0.15) is 11.0 Å². The zero-order valence-corrected chi connectivity index (χ0v) is 26.4. The molecular weight excluding hydrogens is 574 g/mol. The van der Waals surface area contributed by atoms with Crippen molar-refractivity contribution in [2.75, 3.05) is 27.9 Å². The maximum atomic E-state index is 14.6. The number of aromatic nitrogens is 2. The summed E-state index contributed by atoms with van der Waals surface area (Å²) in [6.45, 7) is 0.515. The van der Waals surface area contributed by atoms with Gasteiger partial charge < -0.3 is 28.8 Å². The number of carbonyl (C=O) groups is 2. The smallest absolute Gasteiger partial charge is 0.545 e. The summed E-state index contributed by atoms with van der Waals surface area (Å²) in [6.07, 6.45) is 2.03. The first-order valence-electron chi connectivity index (χ1n) is 12.8. The summed E-state index contributed by atoms with van der Waals surface area (Å²) in [4.78, 5) is 26.6. The Labute approximate surface area is 267 Å². The standard InChI is InChI=1S/C30H27FN2O7S.Na/c1-37-24-9-7-19(13-21(24)31)28(34)20(27(30(35)36)18-6-8-22-23(14-18)33-41-32-22)10-17-11-25(38-2)29(26(12-17)39-3)40-15-16-4-5-16;/h6-9,11-14,16H,4-5,10,15H2,1-3H3,(H,35,36);/q;+1/p-1/b27-20+;. The fourth-order valence-electron chi connectivity index (χ4n) is 4.49. The summed E-state index contributed by atoms with van der Waals surface area (Å²) in [5.41, 5.74) is 1.21. The molecule has 212 valence electrons. The number of nitrogens with zero attached hydrogens (tertiary/aromatic N) is 2. The molecule has 1 fully saturated rings. The molecule has 42 heavy (non-hydrogen) atoms. The molecule has 0 bridgehead atoms. The van der Waals surface area contributed by atoms with Gasteiger partial charge in [0.15, 0.2) is 28.8 Å². The second kappa shape index (κ2) is 13.6. The van der Waals surface area contributed by atoms with Crippen molar-refractivity contribution >= 4 is 40.1 Å². The summed E-state index contributed by atoms with van der Waals surface area (Å²) in [5, 5.41) is 12.6. The molecule has 0 N–H and O–H groups in total. The van der Waals surface area contributed by atoms with E-state index in [1.807, 2.05) is 0 Å². The van der Waals surface area contributed by atoms with Crippen LogP contribution in [0.2, 0.25) is 0 Å². The molecule has 5 rings (SSSR count). The van der Waals surface area contributed by atoms with Gasteiger partial charge in [-0.05, 0) is 72.4 Å². The number of halogens is 1. The maximum Gasteiger partial charge on any atom is 1.00 e. The van der Waals surface area contributed by atoms with Gasteiger partial charge in [0.25, 0.3) is 0 Å². The van der Waals surface area contributed by atoms with Crippen molar-refractivity contribution < 1.29 is 67.6 Å². The molecule has 1 aliphatic carbocycles. The normalized spacial score (nSPS) is 13.1. The van der Waals surface area contributed by atoms with Crippen molar-refractivity contribution in [1.82, 2.24) is 8.75 Å². The molecule has 9 nitrogen and oxygen atoms in total. The minimum Gasteiger partial charge on any atom is -0.545 e. The number of benzene rings is 3. The second-order valence-corrected chi connectivity index (χ2v) is 10.1. The minimum atomic E-state index is -1.58. The van der Waals surface area contributed by atoms with Crippen LogP contribution in [0.25, 0.3) is 16.6 Å². The Hall–Kier alpha value is -3.51. The Kier molecular flexibility index (Phi) is 10.2. The summed E-state index contributed by atoms with van der Waals surface area (Å²) in [6, 6.07) is 11.7. The van der Waals surface area contributed by atoms with Gasteiger partial charge in [0, 0.05) is 23.1 Å². The average molecular weight is 601 g/mol. The molecule has 0 unspecified atom stereocenters. The Morgan fingerprint density at radius 3 is 2.14 bits per heavy atom. The minimum absolute atomic E-state index is 0. The Bertz CT molecular complexity index is 1640. The van der Waals surface area contributed by atoms with Gasteiger partial charge in [0.2, 0.25) is 5.75 Å². The third-order valence-corrected chi connectivity index (χ3v) is 7.35. The van der Waals surface area contributed by atoms with E-state index in [0.717, 1.165) is 30.6 Å². The molecule has 0 radical (unpaired) electrons. The monoisotopic (exact) mass is 600 g/mol. The van der Waals surface area contributed by atoms with Crippen LogP contribution in [0.1, 0.15) is 34.3 Å². The van der Waals surface area contributed by atoms with E-state index in [-0.39, 0.29) is 64.0 Å². The number of ether oxygens (including phenoxy) is 4. The number of aliphatic carboxylic acids is 1. The van der Waals surface area contributed by atoms with Crippen molar-refractivity contribution in [1.29, 1.82) is 0 Å². The van der Waals surface area contributed by atoms with Crippen molar-refractivity contribution in [3.05, 3.63) is 76.6 Å². The van der Waals surface area contributed by atoms with Crippen LogP contribution in [0.15, 0.2) is 54.1 Å². The second-order valence-electron chi connectivity index (χ2n) is 9.55. The number of hydrogen-bond acceptors (Lipinski definition) is 10. The molecule has 3 aromatic carbocycles. The predicted octanol–water partition coefficient (Wildman–Crippen LogP) is 1.28. The zero-order chi connectivity index (χ0) is 29.1. The molecule has 12 heteroatoms. The quantitative estimate of drug-likeness (QED) is 0.135. The van der Waals surface area contributed by atoms with Gasteiger partial charge in [-0.15, -0.1) is 0 Å². The van der Waals surface area contributed by atoms with Gasteiger partial charge in [-0.2, -0.15) is 8.75 Å². The molecule has 1 heterocycles. The molecule has 1 aliphatic rings. The topological polar surface area (TPSA) is 120 Å². The van der Waals surface area contributed by atoms with Crippen LogP contribution in [0, 0.1) is 11.7 Å². The largest absolute Gasteiger partial charge is 1.00 e. The van der Waals surface area contributed by atoms with Gasteiger partial charge in [0.05, 0.1) is 45.6 Å². The number of hydrogen-bond donors (Lipinski definition) is 0. The number of methoxy groups -OCH3 is 3. The Morgan fingerprint density at radius 1 is 0.905 bits per heavy atom. The molecule has 0 amide bonds. The number of rotatable bonds is 12. The number of ketones is 1. The number of Topliss-reactive ketones (excluding diaryl/α,β-unsaturated/α-hetero) is 1. The van der Waals surface area contributed by atoms with Gasteiger partial charge in [-0.3, -0.25) is 4.79 Å². The van der Waals surface area contributed by atoms with Gasteiger partial charge in [-0.25, -0.2) is 4.39 Å². The van der Waals surface area contributed by atoms with Crippen molar-refractivity contribution in [2.45, 2.75) is 19.3 Å². The number of carboxylic acid groups (broad SMARTS) is 1. The van der Waals surface area contributed by atoms with Crippen LogP contribution in [0.4, 0.5) is 4.39 Å². The summed E-state index contributed by atoms with van der Waals surface area (Å²) >= 11 is 0.981. The molecule has 0 atom stereocenters. The molecule has 4 aromatic rings. The van der Waals surface area contributed by atoms with E-state index < -0.39 is 17.6 Å². The van der Waals surface area contributed by atoms with Crippen LogP contribution in [0.3, 0.4) is 0 Å². The molecule has 0 saturated heterocycles. The number of carbonyl (C=O) groups excluding carboxylic acids is 2. The van der Waals surface area contributed by atoms with E-state index in [9.17, 15) is 19.1 Å². The first-order valence-corrected chi connectivity index (χ1v) is 13.5. The van der Waals surface area contributed by atoms with Crippen molar-refractivity contribution in [3.8, 4) is 23.0 Å². The summed E-state index contributed by atoms with van der Waals surface area (Å²) in [7, 11) is 4.27. The number of fused-ring (bicyclic) bond motifs is 1. The van der Waals surface area contributed by atoms with Crippen LogP contribution in [-0.2, 0) is 11.2 Å². The van der Waals surface area contributed by atoms with E-state index in [0.29, 0.717) is 46.4 Å². The first-order chi connectivity index (χ1) is 19.8. The van der Waals surface area contributed by atoms with Crippen LogP contribution < -0.4 is 53.6 Å². The Morgan fingerprint density at radius 2 is 1.55 bits per heavy atom. The van der Waals surface area contributed by atoms with Gasteiger partial charge in [-0.1, -0.05) is 6.07 Å². The third-order valence-electron chi connectivity index (χ3n) is 6.80. The van der Waals surface area contributed by atoms with Crippen LogP contribution >= 0.6 is 11.7 Å². The molecule has 1 aromatic heterocycles. The predicted molar refractivity (Wildman–Crippen MR) is 148 cm³/mol. The number of carboxylic acids is 1. The third kappa shape index (κ3) is 6.75. The zero-order valence-electron chi connectivity index (χ0n) is 23.6. The van der Waals surface area contributed by atoms with Crippen LogP contribution in [0.5, 0.6) is 23.0 Å². The fourth-order valence-corrected chi connectivity index (χ4v) is 5.00. The maximum absolute atomic E-state index is 14.6. The fraction of sp³-hybridized carbons (Fsp3) is 0.267. The van der Waals surface area contributed by atoms with Crippen molar-refractivity contribution in [2.24, 2.45) is 5.92 Å². The Balaban J connectivity index is 0.00000405. The molecule has 0 aliphatic heterocycles. The average Bonchev–Trinajstić information content (AvgIpc) is 3.69. The van der Waals surface area contributed by atoms with Crippen LogP contribution in [-0.4, -0.2) is 48.4 Å². The van der Waals surface area contributed by atoms with E-state index in [4.69, 9.17) is 18.9 Å². The summed E-state index contributed by atoms with van der Waals surface area (Å²) in [5.74, 6) is -1.45. The van der Waals surface area contributed by atoms with Gasteiger partial charge >= 0.3 is 29.6 Å². The number of allylic oxidation sites excluding steroid dienone is 1. The summed E-state index contributed by atoms with van der Waals surface area (Å²) < 4.78 is 45.0. The molecule has 1 saturated carbocycles. The van der Waals surface area contributed by atoms with E-state index in [1.54, 1.807) is 18.2 Å². The van der Waals surface area contributed by atoms with E-state index in [2.05, 4.69) is 8.75 Å². The molecular formula is C30H26FN2NaO7S.